The van der Waals surface area contributed by atoms with Crippen LogP contribution in [0, 0.1) is 0 Å². The third-order valence-electron chi connectivity index (χ3n) is 5.32. The fourth-order valence-corrected chi connectivity index (χ4v) is 3.88. The van der Waals surface area contributed by atoms with Gasteiger partial charge in [-0.1, -0.05) is 49.6 Å². The lowest BCUT2D eigenvalue weighted by atomic mass is 9.84. The lowest BCUT2D eigenvalue weighted by molar-refractivity contribution is 0.120. The number of nitrogens with one attached hydrogen (secondary N) is 1. The Kier molecular flexibility index (Phi) is 4.44. The van der Waals surface area contributed by atoms with Gasteiger partial charge < -0.3 is 15.2 Å². The Morgan fingerprint density at radius 3 is 2.46 bits per heavy atom. The van der Waals surface area contributed by atoms with Crippen LogP contribution in [0.2, 0.25) is 0 Å². The molecule has 1 aliphatic heterocycles. The Balaban J connectivity index is 1.55. The Bertz CT molecular complexity index is 689. The summed E-state index contributed by atoms with van der Waals surface area (Å²) in [5.74, 6) is 1.57. The Labute approximate surface area is 143 Å². The molecule has 2 aromatic rings. The first kappa shape index (κ1) is 15.5. The number of aliphatic hydroxyl groups is 1. The molecule has 24 heavy (non-hydrogen) atoms. The highest BCUT2D eigenvalue weighted by Crippen LogP contribution is 2.36. The molecule has 126 valence electrons. The Morgan fingerprint density at radius 1 is 0.958 bits per heavy atom. The van der Waals surface area contributed by atoms with Crippen molar-refractivity contribution in [2.45, 2.75) is 44.1 Å². The lowest BCUT2D eigenvalue weighted by Gasteiger charge is -2.26. The van der Waals surface area contributed by atoms with Gasteiger partial charge in [-0.15, -0.1) is 0 Å². The molecule has 2 N–H and O–H groups in total. The molecule has 4 rings (SSSR count). The number of anilines is 1. The van der Waals surface area contributed by atoms with Crippen molar-refractivity contribution in [2.24, 2.45) is 0 Å². The number of rotatable bonds is 3. The summed E-state index contributed by atoms with van der Waals surface area (Å²) in [5, 5.41) is 12.6. The molecule has 1 fully saturated rings. The van der Waals surface area contributed by atoms with Crippen LogP contribution in [0.1, 0.15) is 43.6 Å². The first-order valence-corrected chi connectivity index (χ1v) is 9.09. The van der Waals surface area contributed by atoms with Gasteiger partial charge in [0.25, 0.3) is 0 Å². The van der Waals surface area contributed by atoms with Crippen molar-refractivity contribution in [3.63, 3.8) is 0 Å². The molecule has 1 unspecified atom stereocenters. The van der Waals surface area contributed by atoms with Crippen LogP contribution in [0.15, 0.2) is 42.5 Å². The van der Waals surface area contributed by atoms with Crippen molar-refractivity contribution in [2.75, 3.05) is 18.5 Å². The van der Waals surface area contributed by atoms with Gasteiger partial charge >= 0.3 is 0 Å². The van der Waals surface area contributed by atoms with Gasteiger partial charge in [-0.25, -0.2) is 0 Å². The molecule has 2 aliphatic rings. The van der Waals surface area contributed by atoms with Crippen LogP contribution >= 0.6 is 0 Å². The van der Waals surface area contributed by atoms with E-state index >= 15 is 0 Å². The minimum Gasteiger partial charge on any atom is -0.484 e. The highest BCUT2D eigenvalue weighted by molar-refractivity contribution is 5.71. The van der Waals surface area contributed by atoms with Crippen LogP contribution in [-0.2, 0) is 0 Å². The first-order valence-electron chi connectivity index (χ1n) is 9.09. The predicted molar refractivity (Wildman–Crippen MR) is 97.7 cm³/mol. The Hall–Kier alpha value is -2.00. The number of aliphatic hydroxyl groups excluding tert-OH is 1. The average molecular weight is 323 g/mol. The lowest BCUT2D eigenvalue weighted by Crippen LogP contribution is -2.33. The van der Waals surface area contributed by atoms with Gasteiger partial charge in [-0.3, -0.25) is 0 Å². The van der Waals surface area contributed by atoms with Gasteiger partial charge in [0, 0.05) is 0 Å². The van der Waals surface area contributed by atoms with E-state index in [2.05, 4.69) is 47.8 Å². The fourth-order valence-electron chi connectivity index (χ4n) is 3.88. The number of hydrogen-bond acceptors (Lipinski definition) is 3. The van der Waals surface area contributed by atoms with E-state index in [1.807, 2.05) is 0 Å². The third kappa shape index (κ3) is 3.13. The van der Waals surface area contributed by atoms with Gasteiger partial charge in [0.2, 0.25) is 0 Å². The number of benzene rings is 2. The van der Waals surface area contributed by atoms with E-state index in [1.54, 1.807) is 0 Å². The fraction of sp³-hybridized carbons (Fsp3) is 0.429. The Morgan fingerprint density at radius 2 is 1.71 bits per heavy atom. The van der Waals surface area contributed by atoms with E-state index in [9.17, 15) is 5.11 Å². The van der Waals surface area contributed by atoms with E-state index < -0.39 is 0 Å². The van der Waals surface area contributed by atoms with Crippen molar-refractivity contribution in [1.29, 1.82) is 0 Å². The van der Waals surface area contributed by atoms with Gasteiger partial charge in [-0.05, 0) is 47.6 Å². The molecular formula is C21H25NO2. The van der Waals surface area contributed by atoms with E-state index in [-0.39, 0.29) is 12.7 Å². The topological polar surface area (TPSA) is 41.5 Å². The second-order valence-electron chi connectivity index (χ2n) is 6.97. The maximum absolute atomic E-state index is 9.29. The molecule has 1 heterocycles. The van der Waals surface area contributed by atoms with Crippen LogP contribution in [-0.4, -0.2) is 24.4 Å². The van der Waals surface area contributed by atoms with Gasteiger partial charge in [0.05, 0.1) is 18.8 Å². The quantitative estimate of drug-likeness (QED) is 0.869. The molecule has 2 aromatic carbocycles. The second-order valence-corrected chi connectivity index (χ2v) is 6.97. The molecular weight excluding hydrogens is 298 g/mol. The summed E-state index contributed by atoms with van der Waals surface area (Å²) in [6, 6.07) is 15.3. The molecule has 0 amide bonds. The molecule has 0 spiro atoms. The van der Waals surface area contributed by atoms with Gasteiger partial charge in [0.1, 0.15) is 11.9 Å². The third-order valence-corrected chi connectivity index (χ3v) is 5.32. The summed E-state index contributed by atoms with van der Waals surface area (Å²) in [4.78, 5) is 0. The van der Waals surface area contributed by atoms with Gasteiger partial charge in [-0.2, -0.15) is 0 Å². The zero-order valence-electron chi connectivity index (χ0n) is 14.0. The van der Waals surface area contributed by atoms with Crippen LogP contribution in [0.4, 0.5) is 5.69 Å². The largest absolute Gasteiger partial charge is 0.484 e. The summed E-state index contributed by atoms with van der Waals surface area (Å²) < 4.78 is 5.85. The molecule has 0 bridgehead atoms. The maximum atomic E-state index is 9.29. The second kappa shape index (κ2) is 6.86. The number of ether oxygens (including phenoxy) is 1. The summed E-state index contributed by atoms with van der Waals surface area (Å²) in [7, 11) is 0. The molecule has 1 atom stereocenters. The zero-order chi connectivity index (χ0) is 16.4. The monoisotopic (exact) mass is 323 g/mol. The van der Waals surface area contributed by atoms with Gasteiger partial charge in [0.15, 0.2) is 0 Å². The molecule has 3 nitrogen and oxygen atoms in total. The predicted octanol–water partition coefficient (Wildman–Crippen LogP) is 4.57. The van der Waals surface area contributed by atoms with Crippen LogP contribution in [0.5, 0.6) is 5.75 Å². The first-order chi connectivity index (χ1) is 11.8. The smallest absolute Gasteiger partial charge is 0.143 e. The maximum Gasteiger partial charge on any atom is 0.143 e. The van der Waals surface area contributed by atoms with E-state index in [4.69, 9.17) is 4.74 Å². The van der Waals surface area contributed by atoms with Crippen molar-refractivity contribution >= 4 is 5.69 Å². The average Bonchev–Trinajstić information content (AvgIpc) is 2.68. The SMILES string of the molecule is OCC1CNc2ccc(-c3ccc(C4CCCCC4)cc3)cc2O1. The summed E-state index contributed by atoms with van der Waals surface area (Å²) in [6.07, 6.45) is 6.63. The highest BCUT2D eigenvalue weighted by Gasteiger charge is 2.19. The van der Waals surface area contributed by atoms with E-state index in [0.29, 0.717) is 6.54 Å². The summed E-state index contributed by atoms with van der Waals surface area (Å²) in [5.41, 5.74) is 4.85. The van der Waals surface area contributed by atoms with E-state index in [1.165, 1.54) is 43.2 Å². The minimum absolute atomic E-state index is 0.0345. The zero-order valence-corrected chi connectivity index (χ0v) is 14.0. The molecule has 0 aromatic heterocycles. The molecule has 1 aliphatic carbocycles. The minimum atomic E-state index is -0.165. The number of hydrogen-bond donors (Lipinski definition) is 2. The van der Waals surface area contributed by atoms with Crippen molar-refractivity contribution in [1.82, 2.24) is 0 Å². The normalized spacial score (nSPS) is 20.8. The van der Waals surface area contributed by atoms with Crippen molar-refractivity contribution < 1.29 is 9.84 Å². The van der Waals surface area contributed by atoms with Crippen molar-refractivity contribution in [3.05, 3.63) is 48.0 Å². The highest BCUT2D eigenvalue weighted by atomic mass is 16.5. The standard InChI is InChI=1S/C21H25NO2/c23-14-19-13-22-20-11-10-18(12-21(20)24-19)17-8-6-16(7-9-17)15-4-2-1-3-5-15/h6-12,15,19,22-23H,1-5,13-14H2. The molecule has 0 saturated heterocycles. The van der Waals surface area contributed by atoms with E-state index in [0.717, 1.165) is 22.9 Å². The molecule has 0 radical (unpaired) electrons. The summed E-state index contributed by atoms with van der Waals surface area (Å²) >= 11 is 0. The summed E-state index contributed by atoms with van der Waals surface area (Å²) in [6.45, 7) is 0.686. The van der Waals surface area contributed by atoms with Crippen LogP contribution in [0.25, 0.3) is 11.1 Å². The molecule has 1 saturated carbocycles. The van der Waals surface area contributed by atoms with Crippen LogP contribution in [0.3, 0.4) is 0 Å². The van der Waals surface area contributed by atoms with Crippen molar-refractivity contribution in [3.8, 4) is 16.9 Å². The molecule has 3 heteroatoms. The number of fused-ring (bicyclic) bond motifs is 1. The van der Waals surface area contributed by atoms with Crippen LogP contribution < -0.4 is 10.1 Å².